The van der Waals surface area contributed by atoms with Crippen molar-refractivity contribution in [3.05, 3.63) is 59.4 Å². The van der Waals surface area contributed by atoms with Gasteiger partial charge >= 0.3 is 0 Å². The van der Waals surface area contributed by atoms with E-state index in [0.717, 1.165) is 6.42 Å². The van der Waals surface area contributed by atoms with Crippen LogP contribution in [-0.2, 0) is 0 Å². The Balaban J connectivity index is 2.31. The minimum absolute atomic E-state index is 0.165. The van der Waals surface area contributed by atoms with Crippen LogP contribution in [0.4, 0.5) is 8.78 Å². The molecule has 20 heavy (non-hydrogen) atoms. The Morgan fingerprint density at radius 1 is 1.25 bits per heavy atom. The summed E-state index contributed by atoms with van der Waals surface area (Å²) in [7, 11) is 0. The van der Waals surface area contributed by atoms with E-state index in [0.29, 0.717) is 17.9 Å². The average Bonchev–Trinajstić information content (AvgIpc) is 2.45. The van der Waals surface area contributed by atoms with E-state index in [4.69, 9.17) is 10.5 Å². The molecule has 3 nitrogen and oxygen atoms in total. The molecule has 2 N–H and O–H groups in total. The lowest BCUT2D eigenvalue weighted by molar-refractivity contribution is 0.315. The van der Waals surface area contributed by atoms with E-state index in [2.05, 4.69) is 4.98 Å². The van der Waals surface area contributed by atoms with Gasteiger partial charge in [-0.15, -0.1) is 0 Å². The zero-order valence-corrected chi connectivity index (χ0v) is 11.1. The predicted molar refractivity (Wildman–Crippen MR) is 72.4 cm³/mol. The second-order valence-corrected chi connectivity index (χ2v) is 4.42. The Hall–Kier alpha value is -2.01. The molecular formula is C15H16F2N2O. The van der Waals surface area contributed by atoms with Crippen LogP contribution in [0.2, 0.25) is 0 Å². The largest absolute Gasteiger partial charge is 0.492 e. The van der Waals surface area contributed by atoms with Gasteiger partial charge in [0.05, 0.1) is 18.8 Å². The number of hydrogen-bond acceptors (Lipinski definition) is 3. The summed E-state index contributed by atoms with van der Waals surface area (Å²) in [6, 6.07) is 4.40. The van der Waals surface area contributed by atoms with Crippen molar-refractivity contribution in [1.29, 1.82) is 0 Å². The molecule has 0 spiro atoms. The summed E-state index contributed by atoms with van der Waals surface area (Å²) in [5.74, 6) is -0.800. The summed E-state index contributed by atoms with van der Waals surface area (Å²) < 4.78 is 32.9. The smallest absolute Gasteiger partial charge is 0.137 e. The van der Waals surface area contributed by atoms with Gasteiger partial charge in [0.25, 0.3) is 0 Å². The van der Waals surface area contributed by atoms with Crippen molar-refractivity contribution in [2.75, 3.05) is 6.61 Å². The van der Waals surface area contributed by atoms with Crippen molar-refractivity contribution in [3.8, 4) is 5.75 Å². The van der Waals surface area contributed by atoms with Gasteiger partial charge < -0.3 is 10.5 Å². The first-order valence-electron chi connectivity index (χ1n) is 6.40. The zero-order chi connectivity index (χ0) is 14.5. The third-order valence-electron chi connectivity index (χ3n) is 2.88. The number of hydrogen-bond donors (Lipinski definition) is 1. The predicted octanol–water partition coefficient (Wildman–Crippen LogP) is 3.20. The van der Waals surface area contributed by atoms with Crippen LogP contribution in [0.3, 0.4) is 0 Å². The highest BCUT2D eigenvalue weighted by molar-refractivity contribution is 5.35. The lowest BCUT2D eigenvalue weighted by Gasteiger charge is -2.15. The molecule has 0 aliphatic rings. The maximum atomic E-state index is 13.7. The van der Waals surface area contributed by atoms with E-state index in [1.54, 1.807) is 12.3 Å². The van der Waals surface area contributed by atoms with Crippen molar-refractivity contribution in [2.24, 2.45) is 5.73 Å². The second-order valence-electron chi connectivity index (χ2n) is 4.42. The molecule has 0 aliphatic carbocycles. The summed E-state index contributed by atoms with van der Waals surface area (Å²) >= 11 is 0. The molecule has 2 aromatic rings. The van der Waals surface area contributed by atoms with Crippen LogP contribution in [0.25, 0.3) is 0 Å². The number of aromatic nitrogens is 1. The lowest BCUT2D eigenvalue weighted by Crippen LogP contribution is -2.16. The van der Waals surface area contributed by atoms with Crippen molar-refractivity contribution in [1.82, 2.24) is 4.98 Å². The van der Waals surface area contributed by atoms with Gasteiger partial charge in [0.2, 0.25) is 0 Å². The van der Waals surface area contributed by atoms with Crippen LogP contribution in [0.5, 0.6) is 5.75 Å². The number of rotatable bonds is 5. The summed E-state index contributed by atoms with van der Waals surface area (Å²) in [6.45, 7) is 2.53. The number of halogens is 2. The van der Waals surface area contributed by atoms with Crippen LogP contribution >= 0.6 is 0 Å². The maximum absolute atomic E-state index is 13.7. The number of nitrogens with zero attached hydrogens (tertiary/aromatic N) is 1. The SMILES string of the molecule is CCCOc1cncc(C(N)c2c(F)cccc2F)c1. The number of nitrogens with two attached hydrogens (primary N) is 1. The van der Waals surface area contributed by atoms with Gasteiger partial charge in [-0.05, 0) is 30.2 Å². The first kappa shape index (κ1) is 14.4. The minimum Gasteiger partial charge on any atom is -0.492 e. The topological polar surface area (TPSA) is 48.1 Å². The number of ether oxygens (including phenoxy) is 1. The van der Waals surface area contributed by atoms with E-state index < -0.39 is 17.7 Å². The van der Waals surface area contributed by atoms with Gasteiger partial charge in [0.1, 0.15) is 17.4 Å². The van der Waals surface area contributed by atoms with Gasteiger partial charge in [-0.1, -0.05) is 13.0 Å². The van der Waals surface area contributed by atoms with Crippen LogP contribution in [0.15, 0.2) is 36.7 Å². The van der Waals surface area contributed by atoms with Crippen LogP contribution in [0.1, 0.15) is 30.5 Å². The molecule has 0 saturated carbocycles. The standard InChI is InChI=1S/C15H16F2N2O/c1-2-6-20-11-7-10(8-19-9-11)15(18)14-12(16)4-3-5-13(14)17/h3-5,7-9,15H,2,6,18H2,1H3. The van der Waals surface area contributed by atoms with E-state index in [1.165, 1.54) is 24.4 Å². The van der Waals surface area contributed by atoms with Crippen LogP contribution in [0, 0.1) is 11.6 Å². The first-order valence-corrected chi connectivity index (χ1v) is 6.40. The van der Waals surface area contributed by atoms with E-state index in [1.807, 2.05) is 6.92 Å². The van der Waals surface area contributed by atoms with Crippen LogP contribution in [-0.4, -0.2) is 11.6 Å². The Kier molecular flexibility index (Phi) is 4.63. The van der Waals surface area contributed by atoms with Crippen LogP contribution < -0.4 is 10.5 Å². The third-order valence-corrected chi connectivity index (χ3v) is 2.88. The van der Waals surface area contributed by atoms with E-state index >= 15 is 0 Å². The van der Waals surface area contributed by atoms with Gasteiger partial charge in [-0.25, -0.2) is 8.78 Å². The average molecular weight is 278 g/mol. The Labute approximate surface area is 116 Å². The molecule has 1 aromatic heterocycles. The normalized spacial score (nSPS) is 12.2. The van der Waals surface area contributed by atoms with Crippen molar-refractivity contribution in [3.63, 3.8) is 0 Å². The van der Waals surface area contributed by atoms with E-state index in [9.17, 15) is 8.78 Å². The molecule has 0 amide bonds. The quantitative estimate of drug-likeness (QED) is 0.913. The molecule has 0 fully saturated rings. The summed E-state index contributed by atoms with van der Waals surface area (Å²) in [6.07, 6.45) is 3.89. The lowest BCUT2D eigenvalue weighted by atomic mass is 10.00. The first-order chi connectivity index (χ1) is 9.63. The van der Waals surface area contributed by atoms with Crippen molar-refractivity contribution >= 4 is 0 Å². The van der Waals surface area contributed by atoms with Crippen molar-refractivity contribution in [2.45, 2.75) is 19.4 Å². The Morgan fingerprint density at radius 3 is 2.60 bits per heavy atom. The molecule has 1 atom stereocenters. The molecule has 0 radical (unpaired) electrons. The Morgan fingerprint density at radius 2 is 1.95 bits per heavy atom. The highest BCUT2D eigenvalue weighted by Gasteiger charge is 2.18. The summed E-state index contributed by atoms with van der Waals surface area (Å²) in [5, 5.41) is 0. The fourth-order valence-corrected chi connectivity index (χ4v) is 1.88. The zero-order valence-electron chi connectivity index (χ0n) is 11.1. The van der Waals surface area contributed by atoms with Gasteiger partial charge in [0, 0.05) is 11.8 Å². The van der Waals surface area contributed by atoms with Gasteiger partial charge in [-0.2, -0.15) is 0 Å². The molecule has 5 heteroatoms. The molecule has 1 aromatic carbocycles. The molecule has 0 aliphatic heterocycles. The highest BCUT2D eigenvalue weighted by Crippen LogP contribution is 2.26. The monoisotopic (exact) mass is 278 g/mol. The third kappa shape index (κ3) is 3.11. The molecule has 0 bridgehead atoms. The van der Waals surface area contributed by atoms with Crippen molar-refractivity contribution < 1.29 is 13.5 Å². The molecular weight excluding hydrogens is 262 g/mol. The second kappa shape index (κ2) is 6.43. The Bertz CT molecular complexity index is 570. The molecule has 106 valence electrons. The summed E-state index contributed by atoms with van der Waals surface area (Å²) in [4.78, 5) is 3.99. The molecule has 1 unspecified atom stereocenters. The molecule has 1 heterocycles. The maximum Gasteiger partial charge on any atom is 0.137 e. The summed E-state index contributed by atoms with van der Waals surface area (Å²) in [5.41, 5.74) is 6.28. The fraction of sp³-hybridized carbons (Fsp3) is 0.267. The minimum atomic E-state index is -0.922. The molecule has 2 rings (SSSR count). The number of benzene rings is 1. The van der Waals surface area contributed by atoms with Gasteiger partial charge in [-0.3, -0.25) is 4.98 Å². The highest BCUT2D eigenvalue weighted by atomic mass is 19.1. The number of pyridine rings is 1. The van der Waals surface area contributed by atoms with E-state index in [-0.39, 0.29) is 5.56 Å². The van der Waals surface area contributed by atoms with Gasteiger partial charge in [0.15, 0.2) is 0 Å². The fourth-order valence-electron chi connectivity index (χ4n) is 1.88. The molecule has 0 saturated heterocycles.